The molecule has 3 aromatic carbocycles. The SMILES string of the molecule is CC1(CC(=N)c2ccccc2)c2ccccc2NC1NC(=O)c1ccc(C(F)(F)F)cc1. The molecule has 0 fully saturated rings. The van der Waals surface area contributed by atoms with E-state index in [-0.39, 0.29) is 5.56 Å². The molecular weight excluding hydrogens is 415 g/mol. The second kappa shape index (κ2) is 8.15. The van der Waals surface area contributed by atoms with E-state index in [0.717, 1.165) is 28.9 Å². The first-order valence-corrected chi connectivity index (χ1v) is 10.2. The molecular formula is C25H22F3N3O. The third-order valence-corrected chi connectivity index (χ3v) is 5.90. The van der Waals surface area contributed by atoms with Gasteiger partial charge in [0.2, 0.25) is 0 Å². The predicted molar refractivity (Wildman–Crippen MR) is 118 cm³/mol. The number of benzene rings is 3. The minimum atomic E-state index is -4.46. The minimum Gasteiger partial charge on any atom is -0.364 e. The van der Waals surface area contributed by atoms with Gasteiger partial charge < -0.3 is 16.0 Å². The maximum atomic E-state index is 12.9. The molecule has 3 N–H and O–H groups in total. The fraction of sp³-hybridized carbons (Fsp3) is 0.200. The van der Waals surface area contributed by atoms with E-state index in [1.165, 1.54) is 12.1 Å². The molecule has 2 unspecified atom stereocenters. The van der Waals surface area contributed by atoms with Gasteiger partial charge >= 0.3 is 6.18 Å². The van der Waals surface area contributed by atoms with Gasteiger partial charge in [-0.05, 0) is 41.5 Å². The van der Waals surface area contributed by atoms with Crippen molar-refractivity contribution in [3.8, 4) is 0 Å². The Kier molecular flexibility index (Phi) is 5.50. The Morgan fingerprint density at radius 3 is 2.25 bits per heavy atom. The average molecular weight is 437 g/mol. The molecule has 0 bridgehead atoms. The van der Waals surface area contributed by atoms with Crippen LogP contribution in [0.5, 0.6) is 0 Å². The van der Waals surface area contributed by atoms with E-state index in [9.17, 15) is 18.0 Å². The zero-order valence-electron chi connectivity index (χ0n) is 17.3. The van der Waals surface area contributed by atoms with E-state index >= 15 is 0 Å². The summed E-state index contributed by atoms with van der Waals surface area (Å²) in [7, 11) is 0. The van der Waals surface area contributed by atoms with E-state index in [2.05, 4.69) is 10.6 Å². The van der Waals surface area contributed by atoms with Crippen molar-refractivity contribution >= 4 is 17.3 Å². The molecule has 4 nitrogen and oxygen atoms in total. The van der Waals surface area contributed by atoms with Crippen molar-refractivity contribution in [3.05, 3.63) is 101 Å². The molecule has 1 heterocycles. The number of halogens is 3. The van der Waals surface area contributed by atoms with Gasteiger partial charge in [0, 0.05) is 28.8 Å². The molecule has 4 rings (SSSR count). The Bertz CT molecular complexity index is 1140. The molecule has 32 heavy (non-hydrogen) atoms. The van der Waals surface area contributed by atoms with Crippen LogP contribution < -0.4 is 10.6 Å². The highest BCUT2D eigenvalue weighted by Gasteiger charge is 2.44. The van der Waals surface area contributed by atoms with Crippen molar-refractivity contribution < 1.29 is 18.0 Å². The molecule has 2 atom stereocenters. The summed E-state index contributed by atoms with van der Waals surface area (Å²) in [4.78, 5) is 12.9. The molecule has 164 valence electrons. The number of anilines is 1. The third-order valence-electron chi connectivity index (χ3n) is 5.90. The lowest BCUT2D eigenvalue weighted by molar-refractivity contribution is -0.137. The van der Waals surface area contributed by atoms with Gasteiger partial charge in [-0.3, -0.25) is 4.79 Å². The molecule has 7 heteroatoms. The van der Waals surface area contributed by atoms with Crippen molar-refractivity contribution in [2.24, 2.45) is 0 Å². The number of para-hydroxylation sites is 1. The van der Waals surface area contributed by atoms with Gasteiger partial charge in [0.15, 0.2) is 0 Å². The summed E-state index contributed by atoms with van der Waals surface area (Å²) in [6.45, 7) is 1.97. The molecule has 0 spiro atoms. The van der Waals surface area contributed by atoms with Gasteiger partial charge in [0.1, 0.15) is 6.17 Å². The molecule has 0 saturated carbocycles. The number of carbonyl (C=O) groups is 1. The first-order valence-electron chi connectivity index (χ1n) is 10.2. The lowest BCUT2D eigenvalue weighted by Gasteiger charge is -2.33. The quantitative estimate of drug-likeness (QED) is 0.455. The fourth-order valence-corrected chi connectivity index (χ4v) is 4.10. The summed E-state index contributed by atoms with van der Waals surface area (Å²) >= 11 is 0. The summed E-state index contributed by atoms with van der Waals surface area (Å²) in [6, 6.07) is 21.2. The Balaban J connectivity index is 1.59. The highest BCUT2D eigenvalue weighted by molar-refractivity contribution is 6.00. The van der Waals surface area contributed by atoms with Crippen LogP contribution in [0.15, 0.2) is 78.9 Å². The summed E-state index contributed by atoms with van der Waals surface area (Å²) in [6.07, 6.45) is -4.64. The van der Waals surface area contributed by atoms with Crippen LogP contribution in [0.2, 0.25) is 0 Å². The second-order valence-electron chi connectivity index (χ2n) is 8.11. The Morgan fingerprint density at radius 2 is 1.59 bits per heavy atom. The van der Waals surface area contributed by atoms with Crippen LogP contribution in [-0.2, 0) is 11.6 Å². The van der Waals surface area contributed by atoms with Crippen LogP contribution in [0.1, 0.15) is 40.4 Å². The number of hydrogen-bond acceptors (Lipinski definition) is 3. The second-order valence-corrected chi connectivity index (χ2v) is 8.11. The topological polar surface area (TPSA) is 65.0 Å². The van der Waals surface area contributed by atoms with Crippen LogP contribution in [-0.4, -0.2) is 17.8 Å². The number of alkyl halides is 3. The van der Waals surface area contributed by atoms with Gasteiger partial charge in [0.05, 0.1) is 5.56 Å². The van der Waals surface area contributed by atoms with Crippen molar-refractivity contribution in [2.45, 2.75) is 31.1 Å². The maximum absolute atomic E-state index is 12.9. The Hall–Kier alpha value is -3.61. The van der Waals surface area contributed by atoms with Crippen molar-refractivity contribution in [2.75, 3.05) is 5.32 Å². The standard InChI is InChI=1S/C25H22F3N3O/c1-24(15-20(29)16-7-3-2-4-8-16)19-9-5-6-10-21(19)30-23(24)31-22(32)17-11-13-18(14-12-17)25(26,27)28/h2-14,23,29-30H,15H2,1H3,(H,31,32). The third kappa shape index (κ3) is 4.10. The molecule has 0 saturated heterocycles. The molecule has 3 aromatic rings. The van der Waals surface area contributed by atoms with E-state index in [1.54, 1.807) is 0 Å². The van der Waals surface area contributed by atoms with E-state index in [1.807, 2.05) is 61.5 Å². The van der Waals surface area contributed by atoms with Crippen molar-refractivity contribution in [1.82, 2.24) is 5.32 Å². The van der Waals surface area contributed by atoms with Crippen molar-refractivity contribution in [1.29, 1.82) is 5.41 Å². The van der Waals surface area contributed by atoms with Crippen LogP contribution in [0.3, 0.4) is 0 Å². The molecule has 1 amide bonds. The van der Waals surface area contributed by atoms with Crippen LogP contribution >= 0.6 is 0 Å². The van der Waals surface area contributed by atoms with Crippen LogP contribution in [0.4, 0.5) is 18.9 Å². The highest BCUT2D eigenvalue weighted by atomic mass is 19.4. The molecule has 1 aliphatic rings. The van der Waals surface area contributed by atoms with E-state index in [0.29, 0.717) is 12.1 Å². The number of hydrogen-bond donors (Lipinski definition) is 3. The highest BCUT2D eigenvalue weighted by Crippen LogP contribution is 2.43. The van der Waals surface area contributed by atoms with Crippen LogP contribution in [0.25, 0.3) is 0 Å². The van der Waals surface area contributed by atoms with Gasteiger partial charge in [-0.15, -0.1) is 0 Å². The molecule has 0 aliphatic carbocycles. The Morgan fingerprint density at radius 1 is 0.969 bits per heavy atom. The zero-order chi connectivity index (χ0) is 22.9. The first kappa shape index (κ1) is 21.6. The molecule has 0 radical (unpaired) electrons. The maximum Gasteiger partial charge on any atom is 0.416 e. The number of carbonyl (C=O) groups excluding carboxylic acids is 1. The first-order chi connectivity index (χ1) is 15.2. The lowest BCUT2D eigenvalue weighted by atomic mass is 9.76. The summed E-state index contributed by atoms with van der Waals surface area (Å²) in [5.41, 5.74) is 1.75. The number of rotatable bonds is 5. The summed E-state index contributed by atoms with van der Waals surface area (Å²) < 4.78 is 38.5. The van der Waals surface area contributed by atoms with Crippen molar-refractivity contribution in [3.63, 3.8) is 0 Å². The van der Waals surface area contributed by atoms with Gasteiger partial charge in [0.25, 0.3) is 5.91 Å². The largest absolute Gasteiger partial charge is 0.416 e. The van der Waals surface area contributed by atoms with Gasteiger partial charge in [-0.1, -0.05) is 55.5 Å². The van der Waals surface area contributed by atoms with Gasteiger partial charge in [-0.25, -0.2) is 0 Å². The zero-order valence-corrected chi connectivity index (χ0v) is 17.3. The Labute approximate surface area is 184 Å². The monoisotopic (exact) mass is 437 g/mol. The predicted octanol–water partition coefficient (Wildman–Crippen LogP) is 5.60. The summed E-state index contributed by atoms with van der Waals surface area (Å²) in [5.74, 6) is -0.485. The smallest absolute Gasteiger partial charge is 0.364 e. The van der Waals surface area contributed by atoms with Crippen LogP contribution in [0, 0.1) is 5.41 Å². The summed E-state index contributed by atoms with van der Waals surface area (Å²) in [5, 5.41) is 14.9. The average Bonchev–Trinajstić information content (AvgIpc) is 3.05. The normalized spacial score (nSPS) is 19.7. The fourth-order valence-electron chi connectivity index (χ4n) is 4.10. The minimum absolute atomic E-state index is 0.135. The molecule has 0 aromatic heterocycles. The number of amides is 1. The number of nitrogens with one attached hydrogen (secondary N) is 3. The van der Waals surface area contributed by atoms with Gasteiger partial charge in [-0.2, -0.15) is 13.2 Å². The number of fused-ring (bicyclic) bond motifs is 1. The lowest BCUT2D eigenvalue weighted by Crippen LogP contribution is -2.50. The molecule has 1 aliphatic heterocycles. The van der Waals surface area contributed by atoms with E-state index < -0.39 is 29.2 Å². The van der Waals surface area contributed by atoms with E-state index in [4.69, 9.17) is 5.41 Å².